The van der Waals surface area contributed by atoms with Crippen molar-refractivity contribution in [2.45, 2.75) is 25.8 Å². The minimum atomic E-state index is -0.914. The Kier molecular flexibility index (Phi) is 4.71. The van der Waals surface area contributed by atoms with Gasteiger partial charge < -0.3 is 10.2 Å². The minimum absolute atomic E-state index is 0.286. The quantitative estimate of drug-likeness (QED) is 0.886. The first kappa shape index (κ1) is 15.4. The van der Waals surface area contributed by atoms with E-state index in [0.29, 0.717) is 5.92 Å². The van der Waals surface area contributed by atoms with Crippen LogP contribution >= 0.6 is 11.3 Å². The number of aromatic carboxylic acids is 1. The number of carboxylic acids is 1. The highest BCUT2D eigenvalue weighted by atomic mass is 32.1. The van der Waals surface area contributed by atoms with Gasteiger partial charge in [-0.25, -0.2) is 9.78 Å². The average molecular weight is 320 g/mol. The molecule has 2 aromatic rings. The molecule has 1 aromatic heterocycles. The zero-order valence-electron chi connectivity index (χ0n) is 12.4. The molecule has 1 saturated heterocycles. The standard InChI is InChI=1S/C16H20N2O3S/c19-8-5-11-3-6-18(7-4-11)10-15-17-13-9-12(16(20)21)1-2-14(13)22-15/h1-2,9,11,19H,3-8,10H2,(H,20,21). The number of hydrogen-bond acceptors (Lipinski definition) is 5. The second-order valence-corrected chi connectivity index (χ2v) is 6.94. The molecule has 1 aromatic carbocycles. The lowest BCUT2D eigenvalue weighted by molar-refractivity contribution is 0.0697. The molecule has 0 saturated carbocycles. The van der Waals surface area contributed by atoms with E-state index >= 15 is 0 Å². The molecular weight excluding hydrogens is 300 g/mol. The fourth-order valence-corrected chi connectivity index (χ4v) is 3.97. The van der Waals surface area contributed by atoms with E-state index in [0.717, 1.165) is 54.1 Å². The van der Waals surface area contributed by atoms with Gasteiger partial charge in [0.25, 0.3) is 0 Å². The van der Waals surface area contributed by atoms with Crippen LogP contribution in [0.2, 0.25) is 0 Å². The average Bonchev–Trinajstić information content (AvgIpc) is 2.90. The van der Waals surface area contributed by atoms with E-state index in [2.05, 4.69) is 9.88 Å². The van der Waals surface area contributed by atoms with Crippen molar-refractivity contribution >= 4 is 27.5 Å². The molecule has 0 radical (unpaired) electrons. The van der Waals surface area contributed by atoms with Gasteiger partial charge >= 0.3 is 5.97 Å². The van der Waals surface area contributed by atoms with Gasteiger partial charge in [0.15, 0.2) is 0 Å². The second-order valence-electron chi connectivity index (χ2n) is 5.83. The van der Waals surface area contributed by atoms with E-state index in [1.54, 1.807) is 23.5 Å². The summed E-state index contributed by atoms with van der Waals surface area (Å²) >= 11 is 1.64. The number of carbonyl (C=O) groups is 1. The number of aromatic nitrogens is 1. The zero-order valence-corrected chi connectivity index (χ0v) is 13.2. The van der Waals surface area contributed by atoms with Crippen molar-refractivity contribution in [3.8, 4) is 0 Å². The van der Waals surface area contributed by atoms with Crippen LogP contribution in [-0.4, -0.2) is 45.8 Å². The first-order valence-corrected chi connectivity index (χ1v) is 8.43. The summed E-state index contributed by atoms with van der Waals surface area (Å²) in [6.45, 7) is 3.20. The molecule has 0 bridgehead atoms. The Balaban J connectivity index is 1.66. The maximum absolute atomic E-state index is 11.0. The number of aliphatic hydroxyl groups is 1. The van der Waals surface area contributed by atoms with E-state index in [1.807, 2.05) is 6.07 Å². The lowest BCUT2D eigenvalue weighted by Crippen LogP contribution is -2.33. The van der Waals surface area contributed by atoms with Gasteiger partial charge in [-0.1, -0.05) is 0 Å². The summed E-state index contributed by atoms with van der Waals surface area (Å²) in [5, 5.41) is 19.1. The van der Waals surface area contributed by atoms with Crippen molar-refractivity contribution in [3.05, 3.63) is 28.8 Å². The van der Waals surface area contributed by atoms with E-state index in [1.165, 1.54) is 0 Å². The Labute approximate surface area is 133 Å². The molecule has 0 aliphatic carbocycles. The molecule has 2 heterocycles. The summed E-state index contributed by atoms with van der Waals surface area (Å²) in [5.74, 6) is -0.267. The van der Waals surface area contributed by atoms with Crippen molar-refractivity contribution in [3.63, 3.8) is 0 Å². The van der Waals surface area contributed by atoms with Gasteiger partial charge in [0.2, 0.25) is 0 Å². The lowest BCUT2D eigenvalue weighted by Gasteiger charge is -2.30. The second kappa shape index (κ2) is 6.73. The van der Waals surface area contributed by atoms with E-state index in [-0.39, 0.29) is 12.2 Å². The van der Waals surface area contributed by atoms with Crippen molar-refractivity contribution in [2.75, 3.05) is 19.7 Å². The highest BCUT2D eigenvalue weighted by Crippen LogP contribution is 2.26. The number of thiazole rings is 1. The summed E-state index contributed by atoms with van der Waals surface area (Å²) in [5.41, 5.74) is 1.06. The molecule has 5 nitrogen and oxygen atoms in total. The number of fused-ring (bicyclic) bond motifs is 1. The molecule has 1 aliphatic rings. The van der Waals surface area contributed by atoms with Crippen LogP contribution in [0.25, 0.3) is 10.2 Å². The highest BCUT2D eigenvalue weighted by Gasteiger charge is 2.20. The molecule has 118 valence electrons. The summed E-state index contributed by atoms with van der Waals surface area (Å²) in [6, 6.07) is 5.12. The monoisotopic (exact) mass is 320 g/mol. The molecule has 22 heavy (non-hydrogen) atoms. The van der Waals surface area contributed by atoms with Crippen LogP contribution in [0.3, 0.4) is 0 Å². The Bertz CT molecular complexity index is 662. The molecule has 0 amide bonds. The fourth-order valence-electron chi connectivity index (χ4n) is 2.98. The molecule has 1 fully saturated rings. The van der Waals surface area contributed by atoms with E-state index in [4.69, 9.17) is 10.2 Å². The van der Waals surface area contributed by atoms with Crippen LogP contribution in [0.15, 0.2) is 18.2 Å². The Morgan fingerprint density at radius 2 is 2.14 bits per heavy atom. The molecular formula is C16H20N2O3S. The third-order valence-corrected chi connectivity index (χ3v) is 5.30. The van der Waals surface area contributed by atoms with Gasteiger partial charge in [0.05, 0.1) is 22.3 Å². The van der Waals surface area contributed by atoms with E-state index in [9.17, 15) is 4.79 Å². The number of rotatable bonds is 5. The van der Waals surface area contributed by atoms with Gasteiger partial charge in [-0.3, -0.25) is 4.90 Å². The van der Waals surface area contributed by atoms with Crippen LogP contribution in [0, 0.1) is 5.92 Å². The maximum atomic E-state index is 11.0. The number of carboxylic acid groups (broad SMARTS) is 1. The van der Waals surface area contributed by atoms with Gasteiger partial charge in [-0.2, -0.15) is 0 Å². The molecule has 1 aliphatic heterocycles. The number of hydrogen-bond donors (Lipinski definition) is 2. The van der Waals surface area contributed by atoms with Gasteiger partial charge in [-0.05, 0) is 56.5 Å². The summed E-state index contributed by atoms with van der Waals surface area (Å²) in [6.07, 6.45) is 3.18. The largest absolute Gasteiger partial charge is 0.478 e. The zero-order chi connectivity index (χ0) is 15.5. The molecule has 2 N–H and O–H groups in total. The van der Waals surface area contributed by atoms with Crippen molar-refractivity contribution in [2.24, 2.45) is 5.92 Å². The fraction of sp³-hybridized carbons (Fsp3) is 0.500. The van der Waals surface area contributed by atoms with Crippen LogP contribution in [0.5, 0.6) is 0 Å². The Morgan fingerprint density at radius 1 is 1.36 bits per heavy atom. The Morgan fingerprint density at radius 3 is 2.82 bits per heavy atom. The normalized spacial score (nSPS) is 17.1. The van der Waals surface area contributed by atoms with Crippen molar-refractivity contribution in [1.82, 2.24) is 9.88 Å². The first-order chi connectivity index (χ1) is 10.7. The van der Waals surface area contributed by atoms with E-state index < -0.39 is 5.97 Å². The predicted octanol–water partition coefficient (Wildman–Crippen LogP) is 2.59. The first-order valence-electron chi connectivity index (χ1n) is 7.61. The number of benzene rings is 1. The Hall–Kier alpha value is -1.50. The number of likely N-dealkylation sites (tertiary alicyclic amines) is 1. The summed E-state index contributed by atoms with van der Waals surface area (Å²) in [7, 11) is 0. The maximum Gasteiger partial charge on any atom is 0.335 e. The van der Waals surface area contributed by atoms with Crippen LogP contribution in [-0.2, 0) is 6.54 Å². The molecule has 3 rings (SSSR count). The minimum Gasteiger partial charge on any atom is -0.478 e. The van der Waals surface area contributed by atoms with Crippen molar-refractivity contribution in [1.29, 1.82) is 0 Å². The predicted molar refractivity (Wildman–Crippen MR) is 86.3 cm³/mol. The van der Waals surface area contributed by atoms with Gasteiger partial charge in [0.1, 0.15) is 5.01 Å². The van der Waals surface area contributed by atoms with Gasteiger partial charge in [-0.15, -0.1) is 11.3 Å². The number of aliphatic hydroxyl groups excluding tert-OH is 1. The lowest BCUT2D eigenvalue weighted by atomic mass is 9.94. The number of nitrogens with zero attached hydrogens (tertiary/aromatic N) is 2. The highest BCUT2D eigenvalue weighted by molar-refractivity contribution is 7.18. The van der Waals surface area contributed by atoms with Crippen LogP contribution in [0.1, 0.15) is 34.6 Å². The van der Waals surface area contributed by atoms with Gasteiger partial charge in [0, 0.05) is 6.61 Å². The SMILES string of the molecule is O=C(O)c1ccc2sc(CN3CCC(CCO)CC3)nc2c1. The van der Waals surface area contributed by atoms with Crippen LogP contribution in [0.4, 0.5) is 0 Å². The summed E-state index contributed by atoms with van der Waals surface area (Å²) in [4.78, 5) is 18.0. The van der Waals surface area contributed by atoms with Crippen molar-refractivity contribution < 1.29 is 15.0 Å². The third kappa shape index (κ3) is 3.45. The molecule has 0 atom stereocenters. The molecule has 0 unspecified atom stereocenters. The summed E-state index contributed by atoms with van der Waals surface area (Å²) < 4.78 is 1.04. The number of piperidine rings is 1. The topological polar surface area (TPSA) is 73.7 Å². The third-order valence-electron chi connectivity index (χ3n) is 4.28. The van der Waals surface area contributed by atoms with Crippen LogP contribution < -0.4 is 0 Å². The smallest absolute Gasteiger partial charge is 0.335 e. The molecule has 0 spiro atoms. The molecule has 6 heteroatoms.